The molecule has 2 aromatic carbocycles. The van der Waals surface area contributed by atoms with E-state index in [1.54, 1.807) is 50.3 Å². The third kappa shape index (κ3) is 5.70. The molecule has 2 N–H and O–H groups in total. The number of benzene rings is 2. The van der Waals surface area contributed by atoms with Crippen molar-refractivity contribution < 1.29 is 17.6 Å². The van der Waals surface area contributed by atoms with Gasteiger partial charge in [0.2, 0.25) is 15.9 Å². The summed E-state index contributed by atoms with van der Waals surface area (Å²) in [6.07, 6.45) is 3.41. The van der Waals surface area contributed by atoms with Crippen molar-refractivity contribution in [1.82, 2.24) is 0 Å². The molecule has 0 aliphatic rings. The Morgan fingerprint density at radius 3 is 2.42 bits per heavy atom. The fraction of sp³-hybridized carbons (Fsp3) is 0.211. The lowest BCUT2D eigenvalue weighted by Gasteiger charge is -2.13. The molecule has 0 bridgehead atoms. The van der Waals surface area contributed by atoms with E-state index in [1.165, 1.54) is 18.2 Å². The average molecular weight is 376 g/mol. The monoisotopic (exact) mass is 376 g/mol. The van der Waals surface area contributed by atoms with Crippen LogP contribution in [0.4, 0.5) is 15.8 Å². The number of carbonyl (C=O) groups excluding carboxylic acids is 1. The van der Waals surface area contributed by atoms with Gasteiger partial charge in [0, 0.05) is 11.8 Å². The van der Waals surface area contributed by atoms with Crippen LogP contribution in [0.2, 0.25) is 0 Å². The first-order valence-corrected chi connectivity index (χ1v) is 9.80. The number of anilines is 2. The molecule has 0 heterocycles. The smallest absolute Gasteiger partial charge is 0.248 e. The normalized spacial score (nSPS) is 11.5. The Morgan fingerprint density at radius 1 is 1.12 bits per heavy atom. The second-order valence-corrected chi connectivity index (χ2v) is 7.62. The third-order valence-corrected chi connectivity index (χ3v) is 5.10. The number of hydrogen-bond donors (Lipinski definition) is 2. The molecule has 0 aliphatic heterocycles. The fourth-order valence-electron chi connectivity index (χ4n) is 2.29. The number of hydrogen-bond acceptors (Lipinski definition) is 3. The lowest BCUT2D eigenvalue weighted by atomic mass is 10.1. The molecule has 2 rings (SSSR count). The zero-order valence-electron chi connectivity index (χ0n) is 14.6. The first-order chi connectivity index (χ1) is 12.3. The van der Waals surface area contributed by atoms with E-state index in [4.69, 9.17) is 0 Å². The van der Waals surface area contributed by atoms with Gasteiger partial charge in [-0.3, -0.25) is 9.52 Å². The SMILES string of the molecule is CCCS(=O)(=O)Nc1cccc(NC(=O)/C=C\c2ccc(F)cc2)c1C. The largest absolute Gasteiger partial charge is 0.322 e. The Morgan fingerprint density at radius 2 is 1.77 bits per heavy atom. The number of nitrogens with one attached hydrogen (secondary N) is 2. The molecular weight excluding hydrogens is 355 g/mol. The van der Waals surface area contributed by atoms with Gasteiger partial charge in [-0.15, -0.1) is 0 Å². The maximum Gasteiger partial charge on any atom is 0.248 e. The predicted molar refractivity (Wildman–Crippen MR) is 103 cm³/mol. The van der Waals surface area contributed by atoms with Crippen LogP contribution in [0.3, 0.4) is 0 Å². The molecule has 138 valence electrons. The summed E-state index contributed by atoms with van der Waals surface area (Å²) in [4.78, 5) is 12.1. The summed E-state index contributed by atoms with van der Waals surface area (Å²) in [6.45, 7) is 3.51. The van der Waals surface area contributed by atoms with Gasteiger partial charge in [-0.05, 0) is 54.8 Å². The van der Waals surface area contributed by atoms with E-state index < -0.39 is 10.0 Å². The summed E-state index contributed by atoms with van der Waals surface area (Å²) in [6, 6.07) is 10.8. The highest BCUT2D eigenvalue weighted by atomic mass is 32.2. The van der Waals surface area contributed by atoms with E-state index >= 15 is 0 Å². The van der Waals surface area contributed by atoms with Gasteiger partial charge in [-0.25, -0.2) is 12.8 Å². The Labute approximate surface area is 153 Å². The molecule has 5 nitrogen and oxygen atoms in total. The molecule has 7 heteroatoms. The van der Waals surface area contributed by atoms with E-state index in [1.807, 2.05) is 0 Å². The molecule has 2 aromatic rings. The van der Waals surface area contributed by atoms with Crippen molar-refractivity contribution >= 4 is 33.4 Å². The van der Waals surface area contributed by atoms with E-state index in [9.17, 15) is 17.6 Å². The minimum absolute atomic E-state index is 0.0312. The molecule has 0 atom stereocenters. The lowest BCUT2D eigenvalue weighted by Crippen LogP contribution is -2.17. The van der Waals surface area contributed by atoms with Gasteiger partial charge >= 0.3 is 0 Å². The topological polar surface area (TPSA) is 75.3 Å². The summed E-state index contributed by atoms with van der Waals surface area (Å²) in [7, 11) is -3.41. The van der Waals surface area contributed by atoms with Crippen molar-refractivity contribution in [3.05, 3.63) is 65.5 Å². The molecule has 1 amide bonds. The zero-order valence-corrected chi connectivity index (χ0v) is 15.4. The van der Waals surface area contributed by atoms with Crippen LogP contribution < -0.4 is 10.0 Å². The van der Waals surface area contributed by atoms with E-state index in [0.717, 1.165) is 0 Å². The standard InChI is InChI=1S/C19H21FN2O3S/c1-3-13-26(24,25)22-18-6-4-5-17(14(18)2)21-19(23)12-9-15-7-10-16(20)11-8-15/h4-12,22H,3,13H2,1-2H3,(H,21,23)/b12-9-. The second-order valence-electron chi connectivity index (χ2n) is 5.77. The van der Waals surface area contributed by atoms with Crippen molar-refractivity contribution in [2.75, 3.05) is 15.8 Å². The molecule has 0 spiro atoms. The van der Waals surface area contributed by atoms with Gasteiger partial charge in [-0.1, -0.05) is 25.1 Å². The Hall–Kier alpha value is -2.67. The van der Waals surface area contributed by atoms with Crippen LogP contribution in [0, 0.1) is 12.7 Å². The number of rotatable bonds is 7. The van der Waals surface area contributed by atoms with Crippen molar-refractivity contribution in [3.8, 4) is 0 Å². The summed E-state index contributed by atoms with van der Waals surface area (Å²) in [5.41, 5.74) is 2.25. The van der Waals surface area contributed by atoms with Crippen LogP contribution in [-0.2, 0) is 14.8 Å². The number of amides is 1. The zero-order chi connectivity index (χ0) is 19.2. The Kier molecular flexibility index (Phi) is 6.52. The summed E-state index contributed by atoms with van der Waals surface area (Å²) in [5.74, 6) is -0.681. The average Bonchev–Trinajstić information content (AvgIpc) is 2.58. The summed E-state index contributed by atoms with van der Waals surface area (Å²) < 4.78 is 39.3. The van der Waals surface area contributed by atoms with Crippen LogP contribution in [0.15, 0.2) is 48.5 Å². The van der Waals surface area contributed by atoms with Gasteiger partial charge in [0.1, 0.15) is 5.82 Å². The third-order valence-electron chi connectivity index (χ3n) is 3.63. The van der Waals surface area contributed by atoms with E-state index in [0.29, 0.717) is 28.9 Å². The predicted octanol–water partition coefficient (Wildman–Crippen LogP) is 3.94. The highest BCUT2D eigenvalue weighted by molar-refractivity contribution is 7.92. The summed E-state index contributed by atoms with van der Waals surface area (Å²) >= 11 is 0. The number of halogens is 1. The molecule has 0 unspecified atom stereocenters. The van der Waals surface area contributed by atoms with Crippen LogP contribution in [0.5, 0.6) is 0 Å². The fourth-order valence-corrected chi connectivity index (χ4v) is 3.48. The molecule has 0 fully saturated rings. The van der Waals surface area contributed by atoms with Crippen molar-refractivity contribution in [2.24, 2.45) is 0 Å². The van der Waals surface area contributed by atoms with Gasteiger partial charge in [-0.2, -0.15) is 0 Å². The minimum atomic E-state index is -3.41. The molecule has 0 aromatic heterocycles. The Bertz CT molecular complexity index is 907. The highest BCUT2D eigenvalue weighted by Gasteiger charge is 2.12. The Balaban J connectivity index is 2.10. The first kappa shape index (κ1) is 19.7. The van der Waals surface area contributed by atoms with Gasteiger partial charge in [0.15, 0.2) is 0 Å². The number of carbonyl (C=O) groups is 1. The van der Waals surface area contributed by atoms with Crippen LogP contribution in [0.25, 0.3) is 6.08 Å². The molecular formula is C19H21FN2O3S. The van der Waals surface area contributed by atoms with E-state index in [-0.39, 0.29) is 17.5 Å². The van der Waals surface area contributed by atoms with Gasteiger partial charge in [0.25, 0.3) is 0 Å². The second kappa shape index (κ2) is 8.62. The van der Waals surface area contributed by atoms with Gasteiger partial charge in [0.05, 0.1) is 11.4 Å². The molecule has 0 radical (unpaired) electrons. The lowest BCUT2D eigenvalue weighted by molar-refractivity contribution is -0.111. The quantitative estimate of drug-likeness (QED) is 0.719. The van der Waals surface area contributed by atoms with Crippen LogP contribution in [0.1, 0.15) is 24.5 Å². The van der Waals surface area contributed by atoms with Crippen LogP contribution in [-0.4, -0.2) is 20.1 Å². The minimum Gasteiger partial charge on any atom is -0.322 e. The maximum absolute atomic E-state index is 12.9. The highest BCUT2D eigenvalue weighted by Crippen LogP contribution is 2.24. The molecule has 0 saturated carbocycles. The molecule has 0 saturated heterocycles. The van der Waals surface area contributed by atoms with Crippen molar-refractivity contribution in [3.63, 3.8) is 0 Å². The van der Waals surface area contributed by atoms with Gasteiger partial charge < -0.3 is 5.32 Å². The summed E-state index contributed by atoms with van der Waals surface area (Å²) in [5, 5.41) is 2.72. The first-order valence-electron chi connectivity index (χ1n) is 8.15. The van der Waals surface area contributed by atoms with E-state index in [2.05, 4.69) is 10.0 Å². The molecule has 26 heavy (non-hydrogen) atoms. The molecule has 0 aliphatic carbocycles. The van der Waals surface area contributed by atoms with Crippen molar-refractivity contribution in [2.45, 2.75) is 20.3 Å². The number of sulfonamides is 1. The maximum atomic E-state index is 12.9. The van der Waals surface area contributed by atoms with Crippen LogP contribution >= 0.6 is 0 Å². The van der Waals surface area contributed by atoms with Crippen molar-refractivity contribution in [1.29, 1.82) is 0 Å².